The quantitative estimate of drug-likeness (QED) is 0.835. The summed E-state index contributed by atoms with van der Waals surface area (Å²) in [4.78, 5) is 0. The molecule has 0 radical (unpaired) electrons. The summed E-state index contributed by atoms with van der Waals surface area (Å²) in [5, 5.41) is 0.727. The maximum atomic E-state index is 6.10. The fourth-order valence-electron chi connectivity index (χ4n) is 1.69. The van der Waals surface area contributed by atoms with Crippen LogP contribution in [0.5, 0.6) is 0 Å². The zero-order valence-corrected chi connectivity index (χ0v) is 11.3. The van der Waals surface area contributed by atoms with Crippen LogP contribution in [0, 0.1) is 0 Å². The van der Waals surface area contributed by atoms with Crippen LogP contribution in [0.25, 0.3) is 0 Å². The molecule has 2 rings (SSSR count). The molecule has 1 saturated heterocycles. The van der Waals surface area contributed by atoms with E-state index in [1.807, 2.05) is 18.2 Å². The minimum Gasteiger partial charge on any atom is -0.353 e. The second-order valence-corrected chi connectivity index (χ2v) is 5.07. The van der Waals surface area contributed by atoms with E-state index in [1.54, 1.807) is 0 Å². The predicted molar refractivity (Wildman–Crippen MR) is 67.5 cm³/mol. The fourth-order valence-corrected chi connectivity index (χ4v) is 2.51. The minimum atomic E-state index is -0.0723. The summed E-state index contributed by atoms with van der Waals surface area (Å²) in [5.41, 5.74) is 0.985. The van der Waals surface area contributed by atoms with E-state index < -0.39 is 0 Å². The first-order valence-corrected chi connectivity index (χ1v) is 6.60. The highest BCUT2D eigenvalue weighted by molar-refractivity contribution is 9.10. The van der Waals surface area contributed by atoms with Crippen LogP contribution >= 0.6 is 27.5 Å². The van der Waals surface area contributed by atoms with Crippen molar-refractivity contribution >= 4 is 27.5 Å². The van der Waals surface area contributed by atoms with Crippen molar-refractivity contribution in [2.24, 2.45) is 0 Å². The molecule has 1 unspecified atom stereocenters. The molecule has 0 N–H and O–H groups in total. The summed E-state index contributed by atoms with van der Waals surface area (Å²) in [6, 6.07) is 5.74. The average Bonchev–Trinajstić information content (AvgIpc) is 2.30. The highest BCUT2D eigenvalue weighted by atomic mass is 79.9. The summed E-state index contributed by atoms with van der Waals surface area (Å²) in [5.74, 6) is 0. The van der Waals surface area contributed by atoms with E-state index in [9.17, 15) is 0 Å². The van der Waals surface area contributed by atoms with Crippen LogP contribution < -0.4 is 0 Å². The highest BCUT2D eigenvalue weighted by Gasteiger charge is 2.15. The van der Waals surface area contributed by atoms with Crippen molar-refractivity contribution in [2.75, 3.05) is 6.61 Å². The first kappa shape index (κ1) is 12.4. The number of rotatable bonds is 3. The molecule has 0 bridgehead atoms. The zero-order chi connectivity index (χ0) is 11.4. The average molecular weight is 306 g/mol. The molecule has 1 atom stereocenters. The van der Waals surface area contributed by atoms with Gasteiger partial charge in [0.05, 0.1) is 6.61 Å². The molecule has 1 heterocycles. The number of benzene rings is 1. The summed E-state index contributed by atoms with van der Waals surface area (Å²) in [6.07, 6.45) is 3.21. The van der Waals surface area contributed by atoms with Crippen molar-refractivity contribution in [3.05, 3.63) is 33.3 Å². The smallest absolute Gasteiger partial charge is 0.158 e. The van der Waals surface area contributed by atoms with Crippen molar-refractivity contribution in [2.45, 2.75) is 32.2 Å². The summed E-state index contributed by atoms with van der Waals surface area (Å²) in [7, 11) is 0. The van der Waals surface area contributed by atoms with E-state index in [4.69, 9.17) is 21.1 Å². The highest BCUT2D eigenvalue weighted by Crippen LogP contribution is 2.26. The molecule has 0 aliphatic carbocycles. The Hall–Kier alpha value is -0.0900. The third-order valence-corrected chi connectivity index (χ3v) is 3.71. The summed E-state index contributed by atoms with van der Waals surface area (Å²) >= 11 is 9.56. The van der Waals surface area contributed by atoms with Crippen molar-refractivity contribution in [3.63, 3.8) is 0 Å². The lowest BCUT2D eigenvalue weighted by Crippen LogP contribution is -2.22. The van der Waals surface area contributed by atoms with Crippen molar-refractivity contribution < 1.29 is 9.47 Å². The lowest BCUT2D eigenvalue weighted by atomic mass is 10.2. The van der Waals surface area contributed by atoms with E-state index in [-0.39, 0.29) is 6.29 Å². The Kier molecular flexibility index (Phi) is 4.65. The summed E-state index contributed by atoms with van der Waals surface area (Å²) in [6.45, 7) is 1.29. The van der Waals surface area contributed by atoms with Crippen molar-refractivity contribution in [3.8, 4) is 0 Å². The number of hydrogen-bond acceptors (Lipinski definition) is 2. The first-order valence-electron chi connectivity index (χ1n) is 5.43. The largest absolute Gasteiger partial charge is 0.353 e. The van der Waals surface area contributed by atoms with Gasteiger partial charge in [-0.1, -0.05) is 33.6 Å². The molecule has 1 aliphatic rings. The van der Waals surface area contributed by atoms with Gasteiger partial charge in [0.2, 0.25) is 0 Å². The van der Waals surface area contributed by atoms with Crippen LogP contribution in [0.3, 0.4) is 0 Å². The second kappa shape index (κ2) is 6.01. The molecular formula is C12H14BrClO2. The van der Waals surface area contributed by atoms with Crippen molar-refractivity contribution in [1.82, 2.24) is 0 Å². The van der Waals surface area contributed by atoms with Gasteiger partial charge in [-0.15, -0.1) is 0 Å². The number of halogens is 2. The number of hydrogen-bond donors (Lipinski definition) is 0. The molecule has 88 valence electrons. The van der Waals surface area contributed by atoms with Gasteiger partial charge >= 0.3 is 0 Å². The van der Waals surface area contributed by atoms with Crippen LogP contribution in [0.4, 0.5) is 0 Å². The molecule has 4 heteroatoms. The molecule has 0 amide bonds. The van der Waals surface area contributed by atoms with Crippen LogP contribution in [0.15, 0.2) is 22.7 Å². The molecule has 16 heavy (non-hydrogen) atoms. The van der Waals surface area contributed by atoms with Crippen LogP contribution in [-0.2, 0) is 16.1 Å². The molecule has 1 aromatic carbocycles. The predicted octanol–water partition coefficient (Wildman–Crippen LogP) is 4.15. The van der Waals surface area contributed by atoms with Gasteiger partial charge in [-0.25, -0.2) is 0 Å². The Morgan fingerprint density at radius 2 is 2.31 bits per heavy atom. The van der Waals surface area contributed by atoms with E-state index in [1.165, 1.54) is 6.42 Å². The molecule has 1 fully saturated rings. The second-order valence-electron chi connectivity index (χ2n) is 3.81. The van der Waals surface area contributed by atoms with E-state index in [0.717, 1.165) is 34.5 Å². The topological polar surface area (TPSA) is 18.5 Å². The zero-order valence-electron chi connectivity index (χ0n) is 8.92. The molecular weight excluding hydrogens is 291 g/mol. The first-order chi connectivity index (χ1) is 7.77. The summed E-state index contributed by atoms with van der Waals surface area (Å²) < 4.78 is 12.2. The van der Waals surface area contributed by atoms with Gasteiger partial charge < -0.3 is 9.47 Å². The molecule has 2 nitrogen and oxygen atoms in total. The Bertz CT molecular complexity index is 331. The third kappa shape index (κ3) is 3.20. The normalized spacial score (nSPS) is 21.0. The van der Waals surface area contributed by atoms with Gasteiger partial charge in [-0.2, -0.15) is 0 Å². The molecule has 0 saturated carbocycles. The lowest BCUT2D eigenvalue weighted by molar-refractivity contribution is -0.169. The van der Waals surface area contributed by atoms with Crippen LogP contribution in [0.2, 0.25) is 5.02 Å². The Balaban J connectivity index is 1.93. The standard InChI is InChI=1S/C12H14BrClO2/c13-10-4-3-5-11(14)9(10)8-16-12-6-1-2-7-15-12/h3-5,12H,1-2,6-8H2. The third-order valence-electron chi connectivity index (χ3n) is 2.61. The van der Waals surface area contributed by atoms with E-state index >= 15 is 0 Å². The van der Waals surface area contributed by atoms with E-state index in [0.29, 0.717) is 6.61 Å². The monoisotopic (exact) mass is 304 g/mol. The Morgan fingerprint density at radius 3 is 3.00 bits per heavy atom. The van der Waals surface area contributed by atoms with Gasteiger partial charge in [-0.3, -0.25) is 0 Å². The van der Waals surface area contributed by atoms with Gasteiger partial charge in [0.15, 0.2) is 6.29 Å². The maximum Gasteiger partial charge on any atom is 0.158 e. The van der Waals surface area contributed by atoms with Gasteiger partial charge in [-0.05, 0) is 31.4 Å². The molecule has 0 aromatic heterocycles. The van der Waals surface area contributed by atoms with Crippen LogP contribution in [-0.4, -0.2) is 12.9 Å². The Labute approximate surface area is 109 Å². The van der Waals surface area contributed by atoms with Crippen molar-refractivity contribution in [1.29, 1.82) is 0 Å². The number of ether oxygens (including phenoxy) is 2. The lowest BCUT2D eigenvalue weighted by Gasteiger charge is -2.23. The minimum absolute atomic E-state index is 0.0723. The SMILES string of the molecule is Clc1cccc(Br)c1COC1CCCCO1. The fraction of sp³-hybridized carbons (Fsp3) is 0.500. The molecule has 1 aliphatic heterocycles. The van der Waals surface area contributed by atoms with Crippen LogP contribution in [0.1, 0.15) is 24.8 Å². The maximum absolute atomic E-state index is 6.10. The van der Waals surface area contributed by atoms with Gasteiger partial charge in [0.25, 0.3) is 0 Å². The van der Waals surface area contributed by atoms with E-state index in [2.05, 4.69) is 15.9 Å². The Morgan fingerprint density at radius 1 is 1.44 bits per heavy atom. The van der Waals surface area contributed by atoms with Gasteiger partial charge in [0, 0.05) is 21.7 Å². The molecule has 1 aromatic rings. The van der Waals surface area contributed by atoms with Gasteiger partial charge in [0.1, 0.15) is 0 Å². The molecule has 0 spiro atoms.